The molecule has 0 aromatic rings. The van der Waals surface area contributed by atoms with Gasteiger partial charge in [-0.15, -0.1) is 0 Å². The number of ether oxygens (including phenoxy) is 5. The van der Waals surface area contributed by atoms with Gasteiger partial charge < -0.3 is 23.7 Å². The van der Waals surface area contributed by atoms with Crippen LogP contribution in [0.1, 0.15) is 65.7 Å². The van der Waals surface area contributed by atoms with Crippen molar-refractivity contribution in [1.29, 1.82) is 0 Å². The largest absolute Gasteiger partial charge is 0.379 e. The second-order valence-corrected chi connectivity index (χ2v) is 6.91. The minimum atomic E-state index is -1.25. The Morgan fingerprint density at radius 2 is 1.54 bits per heavy atom. The summed E-state index contributed by atoms with van der Waals surface area (Å²) >= 11 is 0. The van der Waals surface area contributed by atoms with E-state index in [0.29, 0.717) is 26.4 Å². The normalized spacial score (nSPS) is 29.7. The van der Waals surface area contributed by atoms with Crippen molar-refractivity contribution in [3.63, 3.8) is 0 Å². The van der Waals surface area contributed by atoms with E-state index in [9.17, 15) is 4.39 Å². The van der Waals surface area contributed by atoms with E-state index in [1.54, 1.807) is 0 Å². The van der Waals surface area contributed by atoms with Crippen molar-refractivity contribution in [3.8, 4) is 0 Å². The molecule has 0 amide bonds. The molecule has 0 bridgehead atoms. The van der Waals surface area contributed by atoms with E-state index in [1.165, 1.54) is 7.11 Å². The molecule has 26 heavy (non-hydrogen) atoms. The van der Waals surface area contributed by atoms with Gasteiger partial charge in [-0.2, -0.15) is 0 Å². The van der Waals surface area contributed by atoms with E-state index in [-0.39, 0.29) is 18.6 Å². The first-order chi connectivity index (χ1) is 12.7. The fourth-order valence-corrected chi connectivity index (χ4v) is 2.95. The van der Waals surface area contributed by atoms with Crippen molar-refractivity contribution in [2.75, 3.05) is 33.5 Å². The summed E-state index contributed by atoms with van der Waals surface area (Å²) in [6.45, 7) is 8.58. The van der Waals surface area contributed by atoms with Gasteiger partial charge in [0.2, 0.25) is 0 Å². The summed E-state index contributed by atoms with van der Waals surface area (Å²) in [5.41, 5.74) is 0. The molecule has 1 saturated heterocycles. The van der Waals surface area contributed by atoms with Crippen molar-refractivity contribution in [2.45, 2.75) is 96.5 Å². The Kier molecular flexibility index (Phi) is 13.5. The standard InChI is InChI=1S/C20H39FO5/c1-5-8-11-23-15-18-19(25-13-10-7-3)17(24-12-9-6-2)14-16(21)20(22-4)26-18/h16-20H,5-15H2,1-4H3/t16-,17+,18+,19-,20+/m0/s1. The molecule has 1 rings (SSSR count). The second-order valence-electron chi connectivity index (χ2n) is 6.91. The smallest absolute Gasteiger partial charge is 0.189 e. The zero-order valence-corrected chi connectivity index (χ0v) is 17.1. The molecule has 0 radical (unpaired) electrons. The summed E-state index contributed by atoms with van der Waals surface area (Å²) in [5.74, 6) is 0. The van der Waals surface area contributed by atoms with Crippen LogP contribution >= 0.6 is 0 Å². The lowest BCUT2D eigenvalue weighted by Crippen LogP contribution is -2.44. The van der Waals surface area contributed by atoms with Gasteiger partial charge in [0.15, 0.2) is 12.5 Å². The zero-order chi connectivity index (χ0) is 19.2. The zero-order valence-electron chi connectivity index (χ0n) is 17.1. The fourth-order valence-electron chi connectivity index (χ4n) is 2.95. The van der Waals surface area contributed by atoms with Gasteiger partial charge in [0, 0.05) is 33.4 Å². The van der Waals surface area contributed by atoms with Crippen LogP contribution < -0.4 is 0 Å². The second kappa shape index (κ2) is 14.7. The molecule has 0 N–H and O–H groups in total. The first-order valence-corrected chi connectivity index (χ1v) is 10.3. The van der Waals surface area contributed by atoms with Gasteiger partial charge in [-0.25, -0.2) is 4.39 Å². The van der Waals surface area contributed by atoms with Crippen molar-refractivity contribution in [3.05, 3.63) is 0 Å². The van der Waals surface area contributed by atoms with Gasteiger partial charge in [-0.05, 0) is 19.3 Å². The predicted octanol–water partition coefficient (Wildman–Crippen LogP) is 4.27. The molecule has 1 heterocycles. The van der Waals surface area contributed by atoms with Gasteiger partial charge in [0.05, 0.1) is 12.7 Å². The first-order valence-electron chi connectivity index (χ1n) is 10.3. The molecule has 0 aliphatic carbocycles. The maximum Gasteiger partial charge on any atom is 0.189 e. The van der Waals surface area contributed by atoms with Crippen LogP contribution in [0.15, 0.2) is 0 Å². The molecule has 5 atom stereocenters. The highest BCUT2D eigenvalue weighted by Gasteiger charge is 2.42. The van der Waals surface area contributed by atoms with Crippen LogP contribution in [-0.4, -0.2) is 64.3 Å². The maximum atomic E-state index is 14.6. The molecular weight excluding hydrogens is 339 g/mol. The predicted molar refractivity (Wildman–Crippen MR) is 100 cm³/mol. The summed E-state index contributed by atoms with van der Waals surface area (Å²) in [7, 11) is 1.47. The van der Waals surface area contributed by atoms with Crippen LogP contribution in [0.4, 0.5) is 4.39 Å². The summed E-state index contributed by atoms with van der Waals surface area (Å²) < 4.78 is 43.6. The van der Waals surface area contributed by atoms with Crippen molar-refractivity contribution < 1.29 is 28.1 Å². The van der Waals surface area contributed by atoms with E-state index in [4.69, 9.17) is 23.7 Å². The highest BCUT2D eigenvalue weighted by atomic mass is 19.1. The van der Waals surface area contributed by atoms with Gasteiger partial charge >= 0.3 is 0 Å². The van der Waals surface area contributed by atoms with E-state index < -0.39 is 18.6 Å². The quantitative estimate of drug-likeness (QED) is 0.422. The van der Waals surface area contributed by atoms with Crippen LogP contribution in [0.2, 0.25) is 0 Å². The molecule has 0 aromatic heterocycles. The minimum absolute atomic E-state index is 0.213. The molecule has 0 spiro atoms. The average molecular weight is 379 g/mol. The van der Waals surface area contributed by atoms with Crippen molar-refractivity contribution in [1.82, 2.24) is 0 Å². The molecule has 6 heteroatoms. The number of methoxy groups -OCH3 is 1. The fraction of sp³-hybridized carbons (Fsp3) is 1.00. The molecule has 0 unspecified atom stereocenters. The van der Waals surface area contributed by atoms with E-state index >= 15 is 0 Å². The Morgan fingerprint density at radius 1 is 0.923 bits per heavy atom. The summed E-state index contributed by atoms with van der Waals surface area (Å²) in [6.07, 6.45) is 2.99. The third-order valence-corrected chi connectivity index (χ3v) is 4.59. The lowest BCUT2D eigenvalue weighted by atomic mass is 10.0. The average Bonchev–Trinajstić information content (AvgIpc) is 2.76. The Morgan fingerprint density at radius 3 is 2.15 bits per heavy atom. The van der Waals surface area contributed by atoms with Gasteiger partial charge in [-0.3, -0.25) is 0 Å². The van der Waals surface area contributed by atoms with Gasteiger partial charge in [0.25, 0.3) is 0 Å². The highest BCUT2D eigenvalue weighted by molar-refractivity contribution is 4.87. The molecular formula is C20H39FO5. The Labute approximate surface area is 158 Å². The number of unbranched alkanes of at least 4 members (excludes halogenated alkanes) is 3. The van der Waals surface area contributed by atoms with Gasteiger partial charge in [0.1, 0.15) is 12.2 Å². The first kappa shape index (κ1) is 23.8. The Balaban J connectivity index is 2.82. The van der Waals surface area contributed by atoms with Crippen LogP contribution in [0.5, 0.6) is 0 Å². The molecule has 5 nitrogen and oxygen atoms in total. The van der Waals surface area contributed by atoms with Crippen LogP contribution in [0.3, 0.4) is 0 Å². The van der Waals surface area contributed by atoms with Crippen LogP contribution in [0, 0.1) is 0 Å². The molecule has 1 fully saturated rings. The lowest BCUT2D eigenvalue weighted by molar-refractivity contribution is -0.215. The molecule has 0 saturated carbocycles. The molecule has 0 aromatic carbocycles. The maximum absolute atomic E-state index is 14.6. The van der Waals surface area contributed by atoms with E-state index in [2.05, 4.69) is 20.8 Å². The molecule has 1 aliphatic heterocycles. The number of halogens is 1. The Bertz CT molecular complexity index is 331. The topological polar surface area (TPSA) is 46.2 Å². The monoisotopic (exact) mass is 378 g/mol. The summed E-state index contributed by atoms with van der Waals surface area (Å²) in [6, 6.07) is 0. The van der Waals surface area contributed by atoms with Crippen LogP contribution in [-0.2, 0) is 23.7 Å². The van der Waals surface area contributed by atoms with E-state index in [0.717, 1.165) is 38.5 Å². The highest BCUT2D eigenvalue weighted by Crippen LogP contribution is 2.28. The number of hydrogen-bond donors (Lipinski definition) is 0. The third kappa shape index (κ3) is 8.61. The molecule has 156 valence electrons. The lowest BCUT2D eigenvalue weighted by Gasteiger charge is -2.31. The molecule has 1 aliphatic rings. The van der Waals surface area contributed by atoms with E-state index in [1.807, 2.05) is 0 Å². The Hall–Kier alpha value is -0.270. The van der Waals surface area contributed by atoms with Crippen molar-refractivity contribution >= 4 is 0 Å². The SMILES string of the molecule is CCCCOC[C@H]1O[C@@H](OC)[C@@H](F)C[C@@H](OCCCC)[C@@H]1OCCCC. The van der Waals surface area contributed by atoms with Gasteiger partial charge in [-0.1, -0.05) is 40.0 Å². The van der Waals surface area contributed by atoms with Crippen molar-refractivity contribution in [2.24, 2.45) is 0 Å². The number of rotatable bonds is 14. The third-order valence-electron chi connectivity index (χ3n) is 4.59. The van der Waals surface area contributed by atoms with Crippen LogP contribution in [0.25, 0.3) is 0 Å². The summed E-state index contributed by atoms with van der Waals surface area (Å²) in [5, 5.41) is 0. The summed E-state index contributed by atoms with van der Waals surface area (Å²) in [4.78, 5) is 0. The number of alkyl halides is 1. The minimum Gasteiger partial charge on any atom is -0.379 e. The number of hydrogen-bond acceptors (Lipinski definition) is 5.